The number of hydrogen-bond acceptors (Lipinski definition) is 5. The summed E-state index contributed by atoms with van der Waals surface area (Å²) in [6.07, 6.45) is 7.42. The summed E-state index contributed by atoms with van der Waals surface area (Å²) in [4.78, 5) is 19.5. The summed E-state index contributed by atoms with van der Waals surface area (Å²) in [5.74, 6) is 0.703. The van der Waals surface area contributed by atoms with Crippen molar-refractivity contribution in [3.63, 3.8) is 0 Å². The van der Waals surface area contributed by atoms with Crippen LogP contribution in [0.15, 0.2) is 5.38 Å². The number of hydrogen-bond donors (Lipinski definition) is 2. The Labute approximate surface area is 142 Å². The third kappa shape index (κ3) is 4.31. The molecule has 1 unspecified atom stereocenters. The standard InChI is InChI=1S/C17H28N4OS/c1-13-6-5-9-21(10-13)11-14-12-23-16(19-14)20-15(22)17(18)7-3-2-4-8-17/h12-13H,2-11,18H2,1H3,(H,19,20,22). The zero-order valence-corrected chi connectivity index (χ0v) is 14.8. The number of nitrogens with one attached hydrogen (secondary N) is 1. The number of carbonyl (C=O) groups is 1. The van der Waals surface area contributed by atoms with Gasteiger partial charge in [-0.1, -0.05) is 26.2 Å². The maximum absolute atomic E-state index is 12.5. The molecule has 1 atom stereocenters. The van der Waals surface area contributed by atoms with E-state index in [-0.39, 0.29) is 5.91 Å². The van der Waals surface area contributed by atoms with E-state index in [2.05, 4.69) is 27.5 Å². The van der Waals surface area contributed by atoms with E-state index in [1.807, 2.05) is 0 Å². The topological polar surface area (TPSA) is 71.2 Å². The van der Waals surface area contributed by atoms with Gasteiger partial charge in [0.15, 0.2) is 5.13 Å². The molecule has 128 valence electrons. The Balaban J connectivity index is 1.55. The molecule has 1 amide bonds. The number of piperidine rings is 1. The highest BCUT2D eigenvalue weighted by Crippen LogP contribution is 2.28. The Morgan fingerprint density at radius 3 is 2.96 bits per heavy atom. The second-order valence-electron chi connectivity index (χ2n) is 7.30. The van der Waals surface area contributed by atoms with Crippen LogP contribution < -0.4 is 11.1 Å². The van der Waals surface area contributed by atoms with Crippen LogP contribution in [-0.2, 0) is 11.3 Å². The second-order valence-corrected chi connectivity index (χ2v) is 8.16. The fourth-order valence-electron chi connectivity index (χ4n) is 3.73. The fraction of sp³-hybridized carbons (Fsp3) is 0.765. The van der Waals surface area contributed by atoms with Crippen LogP contribution in [0.3, 0.4) is 0 Å². The molecule has 0 aromatic carbocycles. The second kappa shape index (κ2) is 7.28. The third-order valence-electron chi connectivity index (χ3n) is 5.10. The van der Waals surface area contributed by atoms with Gasteiger partial charge < -0.3 is 11.1 Å². The van der Waals surface area contributed by atoms with E-state index < -0.39 is 5.54 Å². The Hall–Kier alpha value is -0.980. The van der Waals surface area contributed by atoms with Crippen LogP contribution in [0, 0.1) is 5.92 Å². The summed E-state index contributed by atoms with van der Waals surface area (Å²) in [5.41, 5.74) is 6.63. The molecule has 2 aliphatic rings. The fourth-order valence-corrected chi connectivity index (χ4v) is 4.42. The van der Waals surface area contributed by atoms with Gasteiger partial charge in [0.1, 0.15) is 0 Å². The maximum atomic E-state index is 12.5. The van der Waals surface area contributed by atoms with Crippen molar-refractivity contribution in [3.8, 4) is 0 Å². The molecule has 6 heteroatoms. The number of anilines is 1. The molecule has 1 aromatic rings. The largest absolute Gasteiger partial charge is 0.317 e. The molecule has 0 radical (unpaired) electrons. The predicted molar refractivity (Wildman–Crippen MR) is 94.4 cm³/mol. The van der Waals surface area contributed by atoms with E-state index >= 15 is 0 Å². The first-order valence-corrected chi connectivity index (χ1v) is 9.70. The van der Waals surface area contributed by atoms with Crippen LogP contribution in [0.25, 0.3) is 0 Å². The average Bonchev–Trinajstić information content (AvgIpc) is 2.95. The van der Waals surface area contributed by atoms with Gasteiger partial charge in [-0.25, -0.2) is 4.98 Å². The summed E-state index contributed by atoms with van der Waals surface area (Å²) in [6, 6.07) is 0. The smallest absolute Gasteiger partial charge is 0.246 e. The van der Waals surface area contributed by atoms with Crippen LogP contribution >= 0.6 is 11.3 Å². The van der Waals surface area contributed by atoms with Crippen molar-refractivity contribution < 1.29 is 4.79 Å². The minimum atomic E-state index is -0.702. The summed E-state index contributed by atoms with van der Waals surface area (Å²) >= 11 is 1.50. The molecule has 5 nitrogen and oxygen atoms in total. The van der Waals surface area contributed by atoms with Gasteiger partial charge in [-0.2, -0.15) is 0 Å². The molecule has 1 aromatic heterocycles. The Morgan fingerprint density at radius 2 is 2.22 bits per heavy atom. The number of rotatable bonds is 4. The highest BCUT2D eigenvalue weighted by molar-refractivity contribution is 7.13. The van der Waals surface area contributed by atoms with E-state index in [1.54, 1.807) is 0 Å². The van der Waals surface area contributed by atoms with Gasteiger partial charge in [0.25, 0.3) is 0 Å². The number of likely N-dealkylation sites (tertiary alicyclic amines) is 1. The summed E-state index contributed by atoms with van der Waals surface area (Å²) in [6.45, 7) is 5.48. The van der Waals surface area contributed by atoms with E-state index in [0.29, 0.717) is 5.13 Å². The molecule has 1 aliphatic heterocycles. The van der Waals surface area contributed by atoms with Crippen molar-refractivity contribution in [1.82, 2.24) is 9.88 Å². The first-order chi connectivity index (χ1) is 11.0. The number of nitrogens with zero attached hydrogens (tertiary/aromatic N) is 2. The predicted octanol–water partition coefficient (Wildman–Crippen LogP) is 2.98. The lowest BCUT2D eigenvalue weighted by atomic mass is 9.82. The Kier molecular flexibility index (Phi) is 5.34. The van der Waals surface area contributed by atoms with Gasteiger partial charge in [0, 0.05) is 18.5 Å². The minimum Gasteiger partial charge on any atom is -0.317 e. The van der Waals surface area contributed by atoms with E-state index in [1.165, 1.54) is 30.6 Å². The lowest BCUT2D eigenvalue weighted by Crippen LogP contribution is -2.52. The molecule has 0 spiro atoms. The van der Waals surface area contributed by atoms with Crippen molar-refractivity contribution in [1.29, 1.82) is 0 Å². The molecular weight excluding hydrogens is 308 g/mol. The molecule has 0 bridgehead atoms. The van der Waals surface area contributed by atoms with Gasteiger partial charge in [0.05, 0.1) is 11.2 Å². The Morgan fingerprint density at radius 1 is 1.43 bits per heavy atom. The first kappa shape index (κ1) is 16.9. The van der Waals surface area contributed by atoms with Crippen LogP contribution in [-0.4, -0.2) is 34.4 Å². The summed E-state index contributed by atoms with van der Waals surface area (Å²) < 4.78 is 0. The number of carbonyl (C=O) groups excluding carboxylic acids is 1. The molecule has 23 heavy (non-hydrogen) atoms. The summed E-state index contributed by atoms with van der Waals surface area (Å²) in [5, 5.41) is 5.68. The number of amides is 1. The normalized spacial score (nSPS) is 25.2. The molecule has 3 N–H and O–H groups in total. The zero-order chi connectivity index (χ0) is 16.3. The monoisotopic (exact) mass is 336 g/mol. The van der Waals surface area contributed by atoms with Gasteiger partial charge in [-0.05, 0) is 38.1 Å². The highest BCUT2D eigenvalue weighted by atomic mass is 32.1. The van der Waals surface area contributed by atoms with Crippen molar-refractivity contribution in [2.75, 3.05) is 18.4 Å². The Bertz CT molecular complexity index is 538. The van der Waals surface area contributed by atoms with E-state index in [4.69, 9.17) is 5.73 Å². The van der Waals surface area contributed by atoms with Gasteiger partial charge in [0.2, 0.25) is 5.91 Å². The molecule has 2 heterocycles. The van der Waals surface area contributed by atoms with Crippen LogP contribution in [0.5, 0.6) is 0 Å². The molecule has 1 saturated heterocycles. The zero-order valence-electron chi connectivity index (χ0n) is 14.0. The van der Waals surface area contributed by atoms with Gasteiger partial charge in [-0.3, -0.25) is 9.69 Å². The number of thiazole rings is 1. The maximum Gasteiger partial charge on any atom is 0.246 e. The van der Waals surface area contributed by atoms with Crippen molar-refractivity contribution in [2.24, 2.45) is 11.7 Å². The molecular formula is C17H28N4OS. The average molecular weight is 337 g/mol. The SMILES string of the molecule is CC1CCCN(Cc2csc(NC(=O)C3(N)CCCCC3)n2)C1. The van der Waals surface area contributed by atoms with Gasteiger partial charge >= 0.3 is 0 Å². The number of aromatic nitrogens is 1. The van der Waals surface area contributed by atoms with E-state index in [9.17, 15) is 4.79 Å². The van der Waals surface area contributed by atoms with Crippen molar-refractivity contribution in [2.45, 2.75) is 64.0 Å². The van der Waals surface area contributed by atoms with E-state index in [0.717, 1.165) is 56.9 Å². The lowest BCUT2D eigenvalue weighted by molar-refractivity contribution is -0.122. The van der Waals surface area contributed by atoms with Crippen molar-refractivity contribution in [3.05, 3.63) is 11.1 Å². The van der Waals surface area contributed by atoms with Crippen molar-refractivity contribution >= 4 is 22.4 Å². The minimum absolute atomic E-state index is 0.0651. The molecule has 2 fully saturated rings. The van der Waals surface area contributed by atoms with Crippen LogP contribution in [0.2, 0.25) is 0 Å². The first-order valence-electron chi connectivity index (χ1n) is 8.82. The molecule has 1 aliphatic carbocycles. The molecule has 1 saturated carbocycles. The highest BCUT2D eigenvalue weighted by Gasteiger charge is 2.35. The quantitative estimate of drug-likeness (QED) is 0.887. The number of nitrogens with two attached hydrogens (primary N) is 1. The van der Waals surface area contributed by atoms with Crippen LogP contribution in [0.1, 0.15) is 57.6 Å². The lowest BCUT2D eigenvalue weighted by Gasteiger charge is -2.31. The third-order valence-corrected chi connectivity index (χ3v) is 5.90. The van der Waals surface area contributed by atoms with Gasteiger partial charge in [-0.15, -0.1) is 11.3 Å². The molecule has 3 rings (SSSR count). The summed E-state index contributed by atoms with van der Waals surface area (Å²) in [7, 11) is 0. The van der Waals surface area contributed by atoms with Crippen LogP contribution in [0.4, 0.5) is 5.13 Å².